The molecule has 20 heavy (non-hydrogen) atoms. The summed E-state index contributed by atoms with van der Waals surface area (Å²) in [6, 6.07) is 1.32. The fourth-order valence-corrected chi connectivity index (χ4v) is 1.55. The second kappa shape index (κ2) is 5.32. The number of rotatable bonds is 3. The van der Waals surface area contributed by atoms with Crippen LogP contribution in [-0.2, 0) is 6.42 Å². The molecule has 0 amide bonds. The van der Waals surface area contributed by atoms with E-state index in [1.54, 1.807) is 6.92 Å². The van der Waals surface area contributed by atoms with E-state index in [4.69, 9.17) is 5.73 Å². The minimum Gasteiger partial charge on any atom is -0.384 e. The molecule has 2 rings (SSSR count). The highest BCUT2D eigenvalue weighted by Crippen LogP contribution is 2.27. The van der Waals surface area contributed by atoms with Gasteiger partial charge in [0, 0.05) is 18.6 Å². The van der Waals surface area contributed by atoms with Gasteiger partial charge in [-0.25, -0.2) is 27.5 Å². The molecule has 0 atom stereocenters. The third-order valence-corrected chi connectivity index (χ3v) is 2.47. The van der Waals surface area contributed by atoms with Crippen LogP contribution in [0.15, 0.2) is 12.1 Å². The smallest absolute Gasteiger partial charge is 0.185 e. The molecule has 0 fully saturated rings. The number of hydrogen-bond acceptors (Lipinski definition) is 4. The largest absolute Gasteiger partial charge is 0.384 e. The molecule has 106 valence electrons. The van der Waals surface area contributed by atoms with Crippen molar-refractivity contribution >= 4 is 17.3 Å². The fraction of sp³-hybridized carbons (Fsp3) is 0.167. The molecule has 0 aliphatic carbocycles. The number of halogens is 4. The minimum absolute atomic E-state index is 0.0582. The summed E-state index contributed by atoms with van der Waals surface area (Å²) in [7, 11) is 0. The van der Waals surface area contributed by atoms with E-state index in [-0.39, 0.29) is 17.7 Å². The van der Waals surface area contributed by atoms with Crippen LogP contribution < -0.4 is 11.1 Å². The number of nitrogens with two attached hydrogens (primary N) is 1. The first-order chi connectivity index (χ1) is 9.42. The summed E-state index contributed by atoms with van der Waals surface area (Å²) in [4.78, 5) is 7.77. The second-order valence-corrected chi connectivity index (χ2v) is 3.92. The minimum atomic E-state index is -1.54. The van der Waals surface area contributed by atoms with Gasteiger partial charge in [0.25, 0.3) is 0 Å². The Morgan fingerprint density at radius 1 is 1.05 bits per heavy atom. The van der Waals surface area contributed by atoms with Crippen LogP contribution in [0.1, 0.15) is 12.7 Å². The van der Waals surface area contributed by atoms with E-state index in [0.717, 1.165) is 0 Å². The van der Waals surface area contributed by atoms with Crippen molar-refractivity contribution in [1.82, 2.24) is 9.97 Å². The van der Waals surface area contributed by atoms with E-state index in [1.807, 2.05) is 0 Å². The van der Waals surface area contributed by atoms with E-state index in [1.165, 1.54) is 6.07 Å². The molecule has 0 bridgehead atoms. The summed E-state index contributed by atoms with van der Waals surface area (Å²) in [6.07, 6.45) is 0.433. The topological polar surface area (TPSA) is 63.8 Å². The average Bonchev–Trinajstić information content (AvgIpc) is 2.40. The van der Waals surface area contributed by atoms with Gasteiger partial charge >= 0.3 is 0 Å². The highest BCUT2D eigenvalue weighted by atomic mass is 19.2. The Labute approximate surface area is 111 Å². The van der Waals surface area contributed by atoms with Gasteiger partial charge in [0.1, 0.15) is 23.1 Å². The molecule has 0 unspecified atom stereocenters. The maximum Gasteiger partial charge on any atom is 0.185 e. The molecule has 3 N–H and O–H groups in total. The maximum atomic E-state index is 13.5. The van der Waals surface area contributed by atoms with Crippen molar-refractivity contribution in [3.8, 4) is 0 Å². The third-order valence-electron chi connectivity index (χ3n) is 2.47. The predicted octanol–water partition coefficient (Wildman–Crippen LogP) is 2.92. The number of aromatic nitrogens is 2. The van der Waals surface area contributed by atoms with E-state index in [2.05, 4.69) is 15.3 Å². The third kappa shape index (κ3) is 2.63. The molecule has 1 aromatic heterocycles. The van der Waals surface area contributed by atoms with Crippen molar-refractivity contribution in [1.29, 1.82) is 0 Å². The lowest BCUT2D eigenvalue weighted by Crippen LogP contribution is -2.07. The molecule has 1 heterocycles. The molecule has 1 aromatic carbocycles. The zero-order valence-corrected chi connectivity index (χ0v) is 10.3. The van der Waals surface area contributed by atoms with Crippen LogP contribution in [0.2, 0.25) is 0 Å². The molecular formula is C12H10F4N4. The van der Waals surface area contributed by atoms with Gasteiger partial charge in [-0.2, -0.15) is 0 Å². The SMILES string of the molecule is CCc1nc(N)cc(Nc2c(F)c(F)cc(F)c2F)n1. The molecule has 0 aliphatic heterocycles. The molecule has 0 spiro atoms. The fourth-order valence-electron chi connectivity index (χ4n) is 1.55. The van der Waals surface area contributed by atoms with Crippen LogP contribution >= 0.6 is 0 Å². The van der Waals surface area contributed by atoms with Crippen molar-refractivity contribution in [3.63, 3.8) is 0 Å². The van der Waals surface area contributed by atoms with E-state index in [9.17, 15) is 17.6 Å². The highest BCUT2D eigenvalue weighted by Gasteiger charge is 2.19. The van der Waals surface area contributed by atoms with Crippen molar-refractivity contribution < 1.29 is 17.6 Å². The van der Waals surface area contributed by atoms with Gasteiger partial charge in [0.05, 0.1) is 0 Å². The first-order valence-corrected chi connectivity index (χ1v) is 5.65. The van der Waals surface area contributed by atoms with E-state index < -0.39 is 29.0 Å². The number of anilines is 3. The van der Waals surface area contributed by atoms with Crippen LogP contribution in [-0.4, -0.2) is 9.97 Å². The predicted molar refractivity (Wildman–Crippen MR) is 65.4 cm³/mol. The van der Waals surface area contributed by atoms with E-state index >= 15 is 0 Å². The summed E-state index contributed by atoms with van der Waals surface area (Å²) in [5.74, 6) is -5.77. The molecule has 0 saturated carbocycles. The molecule has 2 aromatic rings. The molecule has 8 heteroatoms. The van der Waals surface area contributed by atoms with Crippen LogP contribution in [0.25, 0.3) is 0 Å². The lowest BCUT2D eigenvalue weighted by Gasteiger charge is -2.10. The van der Waals surface area contributed by atoms with Gasteiger partial charge < -0.3 is 11.1 Å². The lowest BCUT2D eigenvalue weighted by atomic mass is 10.2. The average molecular weight is 286 g/mol. The van der Waals surface area contributed by atoms with Crippen molar-refractivity contribution in [2.45, 2.75) is 13.3 Å². The summed E-state index contributed by atoms with van der Waals surface area (Å²) < 4.78 is 53.1. The number of aryl methyl sites for hydroxylation is 1. The number of benzene rings is 1. The lowest BCUT2D eigenvalue weighted by molar-refractivity contribution is 0.459. The van der Waals surface area contributed by atoms with Gasteiger partial charge in [-0.3, -0.25) is 0 Å². The zero-order valence-electron chi connectivity index (χ0n) is 10.3. The monoisotopic (exact) mass is 286 g/mol. The number of nitrogens with one attached hydrogen (secondary N) is 1. The zero-order chi connectivity index (χ0) is 14.9. The standard InChI is InChI=1S/C12H10F4N4/c1-2-8-18-7(17)4-9(19-8)20-12-10(15)5(13)3-6(14)11(12)16/h3-4H,2H2,1H3,(H3,17,18,19,20). The molecule has 0 aliphatic rings. The van der Waals surface area contributed by atoms with Crippen LogP contribution in [0.5, 0.6) is 0 Å². The first-order valence-electron chi connectivity index (χ1n) is 5.65. The second-order valence-electron chi connectivity index (χ2n) is 3.92. The molecule has 4 nitrogen and oxygen atoms in total. The van der Waals surface area contributed by atoms with Crippen molar-refractivity contribution in [2.24, 2.45) is 0 Å². The van der Waals surface area contributed by atoms with Gasteiger partial charge in [-0.1, -0.05) is 6.92 Å². The Kier molecular flexibility index (Phi) is 3.73. The van der Waals surface area contributed by atoms with Crippen molar-refractivity contribution in [3.05, 3.63) is 41.2 Å². The van der Waals surface area contributed by atoms with E-state index in [0.29, 0.717) is 12.2 Å². The van der Waals surface area contributed by atoms with Gasteiger partial charge in [0.15, 0.2) is 23.3 Å². The summed E-state index contributed by atoms with van der Waals surface area (Å²) >= 11 is 0. The van der Waals surface area contributed by atoms with Crippen LogP contribution in [0, 0.1) is 23.3 Å². The molecule has 0 radical (unpaired) electrons. The number of nitrogen functional groups attached to an aromatic ring is 1. The van der Waals surface area contributed by atoms with Crippen molar-refractivity contribution in [2.75, 3.05) is 11.1 Å². The van der Waals surface area contributed by atoms with Gasteiger partial charge in [-0.15, -0.1) is 0 Å². The summed E-state index contributed by atoms with van der Waals surface area (Å²) in [5, 5.41) is 2.18. The Hall–Kier alpha value is -2.38. The highest BCUT2D eigenvalue weighted by molar-refractivity contribution is 5.60. The molecular weight excluding hydrogens is 276 g/mol. The Balaban J connectivity index is 2.47. The first kappa shape index (κ1) is 14.0. The van der Waals surface area contributed by atoms with Gasteiger partial charge in [-0.05, 0) is 0 Å². The number of nitrogens with zero attached hydrogens (tertiary/aromatic N) is 2. The summed E-state index contributed by atoms with van der Waals surface area (Å²) in [5.41, 5.74) is 4.53. The van der Waals surface area contributed by atoms with Crippen LogP contribution in [0.3, 0.4) is 0 Å². The maximum absolute atomic E-state index is 13.5. The Morgan fingerprint density at radius 2 is 1.65 bits per heavy atom. The molecule has 0 saturated heterocycles. The normalized spacial score (nSPS) is 10.7. The quantitative estimate of drug-likeness (QED) is 0.672. The Bertz CT molecular complexity index is 634. The summed E-state index contributed by atoms with van der Waals surface area (Å²) in [6.45, 7) is 1.75. The number of hydrogen-bond donors (Lipinski definition) is 2. The Morgan fingerprint density at radius 3 is 2.20 bits per heavy atom. The van der Waals surface area contributed by atoms with Gasteiger partial charge in [0.2, 0.25) is 0 Å². The van der Waals surface area contributed by atoms with Crippen LogP contribution in [0.4, 0.5) is 34.9 Å².